The van der Waals surface area contributed by atoms with E-state index in [2.05, 4.69) is 20.3 Å². The highest BCUT2D eigenvalue weighted by atomic mass is 19.3. The molecule has 2 rings (SSSR count). The molecule has 1 atom stereocenters. The van der Waals surface area contributed by atoms with E-state index < -0.39 is 6.61 Å². The summed E-state index contributed by atoms with van der Waals surface area (Å²) >= 11 is 0. The lowest BCUT2D eigenvalue weighted by molar-refractivity contribution is -0.0499. The van der Waals surface area contributed by atoms with Gasteiger partial charge in [0.05, 0.1) is 0 Å². The van der Waals surface area contributed by atoms with Gasteiger partial charge in [-0.1, -0.05) is 12.1 Å². The Morgan fingerprint density at radius 2 is 2.19 bits per heavy atom. The Labute approximate surface area is 121 Å². The van der Waals surface area contributed by atoms with Gasteiger partial charge in [0.1, 0.15) is 17.9 Å². The Bertz CT molecular complexity index is 574. The van der Waals surface area contributed by atoms with Crippen molar-refractivity contribution in [3.8, 4) is 5.75 Å². The quantitative estimate of drug-likeness (QED) is 0.852. The molecule has 0 fully saturated rings. The number of aromatic nitrogens is 3. The van der Waals surface area contributed by atoms with Crippen LogP contribution < -0.4 is 10.1 Å². The summed E-state index contributed by atoms with van der Waals surface area (Å²) in [6, 6.07) is 6.74. The molecule has 21 heavy (non-hydrogen) atoms. The lowest BCUT2D eigenvalue weighted by Gasteiger charge is -2.15. The Hall–Kier alpha value is -2.02. The second kappa shape index (κ2) is 7.12. The van der Waals surface area contributed by atoms with Crippen LogP contribution in [0, 0.1) is 0 Å². The summed E-state index contributed by atoms with van der Waals surface area (Å²) in [5, 5.41) is 11.1. The molecule has 0 saturated heterocycles. The average Bonchev–Trinajstić information content (AvgIpc) is 2.84. The molecule has 0 aliphatic heterocycles. The molecule has 0 aliphatic rings. The molecule has 0 amide bonds. The van der Waals surface area contributed by atoms with Crippen molar-refractivity contribution in [1.29, 1.82) is 0 Å². The minimum atomic E-state index is -2.81. The molecule has 114 valence electrons. The maximum atomic E-state index is 12.2. The largest absolute Gasteiger partial charge is 0.435 e. The van der Waals surface area contributed by atoms with E-state index in [-0.39, 0.29) is 11.8 Å². The van der Waals surface area contributed by atoms with Crippen molar-refractivity contribution in [2.24, 2.45) is 7.05 Å². The summed E-state index contributed by atoms with van der Waals surface area (Å²) in [4.78, 5) is 0. The second-order valence-corrected chi connectivity index (χ2v) is 4.73. The van der Waals surface area contributed by atoms with Crippen molar-refractivity contribution in [3.63, 3.8) is 0 Å². The average molecular weight is 296 g/mol. The minimum Gasteiger partial charge on any atom is -0.435 e. The van der Waals surface area contributed by atoms with Crippen LogP contribution in [-0.4, -0.2) is 27.9 Å². The van der Waals surface area contributed by atoms with Crippen LogP contribution in [0.25, 0.3) is 0 Å². The van der Waals surface area contributed by atoms with Crippen LogP contribution >= 0.6 is 0 Å². The highest BCUT2D eigenvalue weighted by molar-refractivity contribution is 5.30. The predicted molar refractivity (Wildman–Crippen MR) is 74.2 cm³/mol. The topological polar surface area (TPSA) is 52.0 Å². The third-order valence-corrected chi connectivity index (χ3v) is 3.19. The van der Waals surface area contributed by atoms with Gasteiger partial charge in [0.25, 0.3) is 0 Å². The second-order valence-electron chi connectivity index (χ2n) is 4.73. The molecule has 1 heterocycles. The normalized spacial score (nSPS) is 12.6. The summed E-state index contributed by atoms with van der Waals surface area (Å²) < 4.78 is 30.7. The molecule has 0 saturated carbocycles. The van der Waals surface area contributed by atoms with Crippen molar-refractivity contribution >= 4 is 0 Å². The first-order valence-corrected chi connectivity index (χ1v) is 6.67. The summed E-state index contributed by atoms with van der Waals surface area (Å²) in [5.41, 5.74) is 0.895. The molecule has 1 unspecified atom stereocenters. The van der Waals surface area contributed by atoms with E-state index in [0.29, 0.717) is 6.54 Å². The first-order valence-electron chi connectivity index (χ1n) is 6.67. The highest BCUT2D eigenvalue weighted by Gasteiger charge is 2.09. The highest BCUT2D eigenvalue weighted by Crippen LogP contribution is 2.20. The van der Waals surface area contributed by atoms with Crippen LogP contribution in [0.3, 0.4) is 0 Å². The molecule has 2 aromatic rings. The van der Waals surface area contributed by atoms with Gasteiger partial charge in [0, 0.05) is 26.1 Å². The molecule has 1 aromatic heterocycles. The number of hydrogen-bond acceptors (Lipinski definition) is 4. The zero-order valence-electron chi connectivity index (χ0n) is 12.0. The summed E-state index contributed by atoms with van der Waals surface area (Å²) in [6.45, 7) is -0.120. The van der Waals surface area contributed by atoms with Gasteiger partial charge >= 0.3 is 6.61 Å². The fourth-order valence-electron chi connectivity index (χ4n) is 2.01. The van der Waals surface area contributed by atoms with Crippen molar-refractivity contribution in [1.82, 2.24) is 20.1 Å². The van der Waals surface area contributed by atoms with E-state index in [0.717, 1.165) is 17.8 Å². The molecule has 0 aliphatic carbocycles. The van der Waals surface area contributed by atoms with Gasteiger partial charge in [-0.25, -0.2) is 0 Å². The molecule has 0 radical (unpaired) electrons. The first kappa shape index (κ1) is 15.4. The van der Waals surface area contributed by atoms with E-state index in [4.69, 9.17) is 0 Å². The fraction of sp³-hybridized carbons (Fsp3) is 0.429. The first-order chi connectivity index (χ1) is 10.1. The van der Waals surface area contributed by atoms with Crippen molar-refractivity contribution in [2.75, 3.05) is 6.54 Å². The van der Waals surface area contributed by atoms with Gasteiger partial charge in [-0.05, 0) is 24.6 Å². The summed E-state index contributed by atoms with van der Waals surface area (Å²) in [7, 11) is 1.89. The number of nitrogens with zero attached hydrogens (tertiary/aromatic N) is 3. The maximum absolute atomic E-state index is 12.2. The molecule has 1 N–H and O–H groups in total. The van der Waals surface area contributed by atoms with Gasteiger partial charge in [-0.15, -0.1) is 10.2 Å². The van der Waals surface area contributed by atoms with Gasteiger partial charge < -0.3 is 14.6 Å². The standard InChI is InChI=1S/C14H18F2N4O/c1-10(17-7-6-13-19-18-9-20(13)2)11-4-3-5-12(8-11)21-14(15)16/h3-5,8-10,14,17H,6-7H2,1-2H3. The van der Waals surface area contributed by atoms with Crippen LogP contribution in [0.1, 0.15) is 24.4 Å². The molecular weight excluding hydrogens is 278 g/mol. The minimum absolute atomic E-state index is 0.0273. The summed E-state index contributed by atoms with van der Waals surface area (Å²) in [6.07, 6.45) is 2.40. The number of rotatable bonds is 7. The number of alkyl halides is 2. The monoisotopic (exact) mass is 296 g/mol. The Kier molecular flexibility index (Phi) is 5.21. The van der Waals surface area contributed by atoms with Crippen LogP contribution in [-0.2, 0) is 13.5 Å². The van der Waals surface area contributed by atoms with E-state index in [1.165, 1.54) is 6.07 Å². The van der Waals surface area contributed by atoms with Crippen molar-refractivity contribution in [2.45, 2.75) is 26.0 Å². The van der Waals surface area contributed by atoms with Gasteiger partial charge in [-0.3, -0.25) is 0 Å². The lowest BCUT2D eigenvalue weighted by Crippen LogP contribution is -2.22. The fourth-order valence-corrected chi connectivity index (χ4v) is 2.01. The maximum Gasteiger partial charge on any atom is 0.387 e. The molecule has 0 spiro atoms. The number of nitrogens with one attached hydrogen (secondary N) is 1. The van der Waals surface area contributed by atoms with Gasteiger partial charge in [0.15, 0.2) is 0 Å². The van der Waals surface area contributed by atoms with Crippen LogP contribution in [0.15, 0.2) is 30.6 Å². The summed E-state index contributed by atoms with van der Waals surface area (Å²) in [5.74, 6) is 1.06. The number of ether oxygens (including phenoxy) is 1. The number of halogens is 2. The predicted octanol–water partition coefficient (Wildman–Crippen LogP) is 2.31. The molecule has 5 nitrogen and oxygen atoms in total. The molecule has 0 bridgehead atoms. The van der Waals surface area contributed by atoms with Gasteiger partial charge in [0.2, 0.25) is 0 Å². The van der Waals surface area contributed by atoms with Gasteiger partial charge in [-0.2, -0.15) is 8.78 Å². The molecule has 1 aromatic carbocycles. The van der Waals surface area contributed by atoms with Crippen molar-refractivity contribution < 1.29 is 13.5 Å². The SMILES string of the molecule is CC(NCCc1nncn1C)c1cccc(OC(F)F)c1. The zero-order chi connectivity index (χ0) is 15.2. The van der Waals surface area contributed by atoms with E-state index >= 15 is 0 Å². The third-order valence-electron chi connectivity index (χ3n) is 3.19. The molecule has 7 heteroatoms. The van der Waals surface area contributed by atoms with Crippen molar-refractivity contribution in [3.05, 3.63) is 42.0 Å². The Morgan fingerprint density at radius 3 is 2.86 bits per heavy atom. The van der Waals surface area contributed by atoms with E-state index in [1.54, 1.807) is 18.5 Å². The number of benzene rings is 1. The molecular formula is C14H18F2N4O. The third kappa shape index (κ3) is 4.49. The smallest absolute Gasteiger partial charge is 0.387 e. The van der Waals surface area contributed by atoms with Crippen LogP contribution in [0.5, 0.6) is 5.75 Å². The van der Waals surface area contributed by atoms with Crippen LogP contribution in [0.4, 0.5) is 8.78 Å². The number of hydrogen-bond donors (Lipinski definition) is 1. The Morgan fingerprint density at radius 1 is 1.38 bits per heavy atom. The Balaban J connectivity index is 1.88. The lowest BCUT2D eigenvalue weighted by atomic mass is 10.1. The van der Waals surface area contributed by atoms with E-state index in [1.807, 2.05) is 24.6 Å². The van der Waals surface area contributed by atoms with E-state index in [9.17, 15) is 8.78 Å². The van der Waals surface area contributed by atoms with Crippen LogP contribution in [0.2, 0.25) is 0 Å². The number of aryl methyl sites for hydroxylation is 1. The zero-order valence-corrected chi connectivity index (χ0v) is 12.0.